The third-order valence-corrected chi connectivity index (χ3v) is 12.4. The van der Waals surface area contributed by atoms with Gasteiger partial charge in [-0.25, -0.2) is 0 Å². The molecule has 0 heterocycles. The smallest absolute Gasteiger partial charge is 0.00199 e. The predicted molar refractivity (Wildman–Crippen MR) is 251 cm³/mol. The maximum atomic E-state index is 2.46. The van der Waals surface area contributed by atoms with E-state index in [1.807, 2.05) is 0 Å². The maximum Gasteiger partial charge on any atom is -0.00199 e. The highest BCUT2D eigenvalue weighted by Crippen LogP contribution is 2.48. The minimum absolute atomic E-state index is 1.21. The Kier molecular flexibility index (Phi) is 7.33. The molecule has 0 spiro atoms. The monoisotopic (exact) mass is 732 g/mol. The summed E-state index contributed by atoms with van der Waals surface area (Å²) in [4.78, 5) is 0. The second-order valence-electron chi connectivity index (χ2n) is 15.5. The van der Waals surface area contributed by atoms with E-state index in [2.05, 4.69) is 218 Å². The van der Waals surface area contributed by atoms with Gasteiger partial charge in [0.15, 0.2) is 0 Å². The van der Waals surface area contributed by atoms with Crippen LogP contribution in [0.4, 0.5) is 0 Å². The predicted octanol–water partition coefficient (Wildman–Crippen LogP) is 16.4. The maximum absolute atomic E-state index is 2.46. The molecule has 0 aliphatic rings. The van der Waals surface area contributed by atoms with Gasteiger partial charge in [0.2, 0.25) is 0 Å². The van der Waals surface area contributed by atoms with Crippen molar-refractivity contribution in [1.82, 2.24) is 0 Å². The molecule has 12 aromatic carbocycles. The molecule has 0 N–H and O–H groups in total. The molecule has 0 radical (unpaired) electrons. The van der Waals surface area contributed by atoms with Crippen LogP contribution in [-0.4, -0.2) is 0 Å². The molecule has 0 unspecified atom stereocenters. The molecule has 0 heteroatoms. The Morgan fingerprint density at radius 3 is 1.31 bits per heavy atom. The van der Waals surface area contributed by atoms with Gasteiger partial charge in [0.1, 0.15) is 0 Å². The van der Waals surface area contributed by atoms with E-state index >= 15 is 0 Å². The van der Waals surface area contributed by atoms with Crippen LogP contribution in [0.3, 0.4) is 0 Å². The average molecular weight is 733 g/mol. The van der Waals surface area contributed by atoms with Crippen molar-refractivity contribution in [3.63, 3.8) is 0 Å². The summed E-state index contributed by atoms with van der Waals surface area (Å²) in [6.45, 7) is 0. The second kappa shape index (κ2) is 13.0. The zero-order chi connectivity index (χ0) is 38.2. The van der Waals surface area contributed by atoms with Crippen LogP contribution in [0.25, 0.3) is 120 Å². The molecule has 0 aromatic heterocycles. The Balaban J connectivity index is 1.20. The zero-order valence-electron chi connectivity index (χ0n) is 31.8. The van der Waals surface area contributed by atoms with Crippen molar-refractivity contribution in [2.45, 2.75) is 0 Å². The zero-order valence-corrected chi connectivity index (χ0v) is 31.8. The van der Waals surface area contributed by atoms with Gasteiger partial charge >= 0.3 is 0 Å². The van der Waals surface area contributed by atoms with Crippen LogP contribution in [0.5, 0.6) is 0 Å². The van der Waals surface area contributed by atoms with Gasteiger partial charge in [0.05, 0.1) is 0 Å². The fourth-order valence-electron chi connectivity index (χ4n) is 9.82. The van der Waals surface area contributed by atoms with Gasteiger partial charge in [0.25, 0.3) is 0 Å². The summed E-state index contributed by atoms with van der Waals surface area (Å²) >= 11 is 0. The van der Waals surface area contributed by atoms with E-state index in [4.69, 9.17) is 0 Å². The Hall–Kier alpha value is -7.54. The Morgan fingerprint density at radius 1 is 0.172 bits per heavy atom. The molecular weight excluding hydrogens is 697 g/mol. The number of hydrogen-bond acceptors (Lipinski definition) is 0. The van der Waals surface area contributed by atoms with Crippen LogP contribution in [-0.2, 0) is 0 Å². The van der Waals surface area contributed by atoms with E-state index < -0.39 is 0 Å². The molecule has 0 saturated carbocycles. The van der Waals surface area contributed by atoms with Crippen molar-refractivity contribution in [2.24, 2.45) is 0 Å². The first-order valence-electron chi connectivity index (χ1n) is 20.2. The summed E-state index contributed by atoms with van der Waals surface area (Å²) in [5.74, 6) is 0. The summed E-state index contributed by atoms with van der Waals surface area (Å²) in [5.41, 5.74) is 9.93. The second-order valence-corrected chi connectivity index (χ2v) is 15.5. The first-order valence-corrected chi connectivity index (χ1v) is 20.2. The minimum Gasteiger partial charge on any atom is -0.0616 e. The number of fused-ring (bicyclic) bond motifs is 9. The van der Waals surface area contributed by atoms with E-state index in [1.165, 1.54) is 120 Å². The van der Waals surface area contributed by atoms with E-state index in [0.717, 1.165) is 0 Å². The molecule has 0 nitrogen and oxygen atoms in total. The fraction of sp³-hybridized carbons (Fsp3) is 0. The van der Waals surface area contributed by atoms with Crippen LogP contribution in [0.15, 0.2) is 218 Å². The molecule has 0 fully saturated rings. The fourth-order valence-corrected chi connectivity index (χ4v) is 9.82. The molecule has 0 atom stereocenters. The summed E-state index contributed by atoms with van der Waals surface area (Å²) in [6, 6.07) is 81.1. The van der Waals surface area contributed by atoms with Gasteiger partial charge < -0.3 is 0 Å². The summed E-state index contributed by atoms with van der Waals surface area (Å²) in [5, 5.41) is 17.7. The van der Waals surface area contributed by atoms with Crippen LogP contribution in [0.1, 0.15) is 0 Å². The highest BCUT2D eigenvalue weighted by molar-refractivity contribution is 6.26. The van der Waals surface area contributed by atoms with Gasteiger partial charge in [-0.2, -0.15) is 0 Å². The van der Waals surface area contributed by atoms with Crippen LogP contribution in [0.2, 0.25) is 0 Å². The lowest BCUT2D eigenvalue weighted by molar-refractivity contribution is 1.64. The summed E-state index contributed by atoms with van der Waals surface area (Å²) in [6.07, 6.45) is 0. The molecule has 0 aliphatic heterocycles. The van der Waals surface area contributed by atoms with E-state index in [1.54, 1.807) is 0 Å². The van der Waals surface area contributed by atoms with E-state index in [-0.39, 0.29) is 0 Å². The summed E-state index contributed by atoms with van der Waals surface area (Å²) < 4.78 is 0. The van der Waals surface area contributed by atoms with Crippen molar-refractivity contribution in [3.05, 3.63) is 218 Å². The number of hydrogen-bond donors (Lipinski definition) is 0. The van der Waals surface area contributed by atoms with Gasteiger partial charge in [0, 0.05) is 0 Å². The quantitative estimate of drug-likeness (QED) is 0.125. The number of rotatable bonds is 4. The van der Waals surface area contributed by atoms with Crippen LogP contribution >= 0.6 is 0 Å². The lowest BCUT2D eigenvalue weighted by Gasteiger charge is -2.21. The molecule has 268 valence electrons. The molecule has 0 bridgehead atoms. The molecule has 0 amide bonds. The lowest BCUT2D eigenvalue weighted by Crippen LogP contribution is -1.93. The first-order chi connectivity index (χ1) is 28.8. The topological polar surface area (TPSA) is 0 Å². The van der Waals surface area contributed by atoms with Crippen LogP contribution in [0, 0.1) is 0 Å². The number of benzene rings is 12. The first kappa shape index (κ1) is 32.7. The normalized spacial score (nSPS) is 11.8. The summed E-state index contributed by atoms with van der Waals surface area (Å²) in [7, 11) is 0. The SMILES string of the molecule is c1cc(-c2c3ccccc3c(-c3cc4ccccc4c4ccccc34)c3ccc(-c4cccc5ccccc45)cc23)cc(-c2cc3ccccc3c3ccccc23)c1. The molecule has 12 aromatic rings. The molecular formula is C58H36. The van der Waals surface area contributed by atoms with Gasteiger partial charge in [-0.3, -0.25) is 0 Å². The molecule has 0 aliphatic carbocycles. The molecule has 12 rings (SSSR count). The Labute approximate surface area is 336 Å². The van der Waals surface area contributed by atoms with Crippen molar-refractivity contribution in [1.29, 1.82) is 0 Å². The van der Waals surface area contributed by atoms with Gasteiger partial charge in [-0.05, 0) is 144 Å². The van der Waals surface area contributed by atoms with Crippen molar-refractivity contribution >= 4 is 75.4 Å². The Bertz CT molecular complexity index is 3620. The van der Waals surface area contributed by atoms with Crippen molar-refractivity contribution in [2.75, 3.05) is 0 Å². The van der Waals surface area contributed by atoms with Gasteiger partial charge in [-0.1, -0.05) is 194 Å². The minimum atomic E-state index is 1.21. The standard InChI is InChI=1S/C58H36/c1-4-21-43-37(15-1)18-14-30-44(43)41-31-32-53-56(36-41)57(42-20-13-19-38(33-42)54-34-39-16-2-5-22-45(39)47-24-7-9-26-49(47)54)51-28-11-12-29-52(51)58(53)55-35-40-17-3-6-23-46(40)48-25-8-10-27-50(48)55/h1-36H. The highest BCUT2D eigenvalue weighted by atomic mass is 14.2. The largest absolute Gasteiger partial charge is 0.0616 e. The highest BCUT2D eigenvalue weighted by Gasteiger charge is 2.21. The van der Waals surface area contributed by atoms with Crippen molar-refractivity contribution in [3.8, 4) is 44.5 Å². The van der Waals surface area contributed by atoms with Crippen molar-refractivity contribution < 1.29 is 0 Å². The molecule has 0 saturated heterocycles. The molecule has 58 heavy (non-hydrogen) atoms. The third-order valence-electron chi connectivity index (χ3n) is 12.4. The van der Waals surface area contributed by atoms with Gasteiger partial charge in [-0.15, -0.1) is 0 Å². The van der Waals surface area contributed by atoms with Crippen LogP contribution < -0.4 is 0 Å². The third kappa shape index (κ3) is 5.02. The lowest BCUT2D eigenvalue weighted by atomic mass is 9.82. The van der Waals surface area contributed by atoms with E-state index in [0.29, 0.717) is 0 Å². The van der Waals surface area contributed by atoms with E-state index in [9.17, 15) is 0 Å². The Morgan fingerprint density at radius 2 is 0.621 bits per heavy atom. The average Bonchev–Trinajstić information content (AvgIpc) is 3.30.